The first-order chi connectivity index (χ1) is 11.8. The number of hydrogen-bond donors (Lipinski definition) is 0. The molecule has 1 aliphatic rings. The summed E-state index contributed by atoms with van der Waals surface area (Å²) in [7, 11) is 0. The molecule has 0 aromatic carbocycles. The summed E-state index contributed by atoms with van der Waals surface area (Å²) in [6, 6.07) is 0. The summed E-state index contributed by atoms with van der Waals surface area (Å²) in [5.74, 6) is 2.23. The van der Waals surface area contributed by atoms with Gasteiger partial charge in [-0.25, -0.2) is 15.0 Å². The summed E-state index contributed by atoms with van der Waals surface area (Å²) in [4.78, 5) is 19.5. The summed E-state index contributed by atoms with van der Waals surface area (Å²) in [5, 5.41) is 2.16. The molecule has 4 heterocycles. The van der Waals surface area contributed by atoms with E-state index in [1.807, 2.05) is 0 Å². The fraction of sp³-hybridized carbons (Fsp3) is 0.412. The van der Waals surface area contributed by atoms with Gasteiger partial charge in [0.15, 0.2) is 0 Å². The number of aryl methyl sites for hydroxylation is 1. The van der Waals surface area contributed by atoms with Crippen molar-refractivity contribution in [2.75, 3.05) is 24.6 Å². The first-order valence-electron chi connectivity index (χ1n) is 8.14. The van der Waals surface area contributed by atoms with E-state index < -0.39 is 0 Å². The van der Waals surface area contributed by atoms with E-state index in [0.717, 1.165) is 37.3 Å². The van der Waals surface area contributed by atoms with Crippen molar-refractivity contribution in [2.24, 2.45) is 5.92 Å². The normalized spacial score (nSPS) is 15.8. The molecule has 0 spiro atoms. The van der Waals surface area contributed by atoms with Crippen molar-refractivity contribution in [3.05, 3.63) is 35.9 Å². The number of hydrogen-bond acceptors (Lipinski definition) is 7. The molecule has 7 heteroatoms. The Bertz CT molecular complexity index is 814. The SMILES string of the molecule is Cc1csc2c(N3CCC(COc4cnccn4)CC3)ncnc12. The van der Waals surface area contributed by atoms with Gasteiger partial charge in [0, 0.05) is 25.5 Å². The van der Waals surface area contributed by atoms with Crippen LogP contribution in [-0.4, -0.2) is 39.6 Å². The molecule has 0 atom stereocenters. The second-order valence-electron chi connectivity index (χ2n) is 6.08. The first-order valence-corrected chi connectivity index (χ1v) is 9.02. The lowest BCUT2D eigenvalue weighted by molar-refractivity contribution is 0.215. The van der Waals surface area contributed by atoms with E-state index in [1.54, 1.807) is 36.3 Å². The van der Waals surface area contributed by atoms with E-state index in [9.17, 15) is 0 Å². The highest BCUT2D eigenvalue weighted by Gasteiger charge is 2.23. The molecule has 24 heavy (non-hydrogen) atoms. The van der Waals surface area contributed by atoms with Crippen molar-refractivity contribution in [3.63, 3.8) is 0 Å². The van der Waals surface area contributed by atoms with Crippen molar-refractivity contribution in [3.8, 4) is 5.88 Å². The maximum absolute atomic E-state index is 5.74. The molecule has 1 saturated heterocycles. The van der Waals surface area contributed by atoms with Crippen LogP contribution in [0.25, 0.3) is 10.2 Å². The average Bonchev–Trinajstić information content (AvgIpc) is 3.03. The van der Waals surface area contributed by atoms with Crippen LogP contribution >= 0.6 is 11.3 Å². The van der Waals surface area contributed by atoms with Crippen LogP contribution in [0.4, 0.5) is 5.82 Å². The van der Waals surface area contributed by atoms with Gasteiger partial charge in [-0.1, -0.05) is 0 Å². The molecule has 0 unspecified atom stereocenters. The summed E-state index contributed by atoms with van der Waals surface area (Å²) < 4.78 is 6.94. The maximum Gasteiger partial charge on any atom is 0.232 e. The molecule has 3 aromatic heterocycles. The Balaban J connectivity index is 1.39. The Morgan fingerprint density at radius 3 is 2.88 bits per heavy atom. The summed E-state index contributed by atoms with van der Waals surface area (Å²) >= 11 is 1.74. The molecule has 1 fully saturated rings. The van der Waals surface area contributed by atoms with Crippen LogP contribution in [0.3, 0.4) is 0 Å². The molecular weight excluding hydrogens is 322 g/mol. The van der Waals surface area contributed by atoms with Gasteiger partial charge in [-0.15, -0.1) is 11.3 Å². The topological polar surface area (TPSA) is 64.0 Å². The highest BCUT2D eigenvalue weighted by molar-refractivity contribution is 7.18. The maximum atomic E-state index is 5.74. The lowest BCUT2D eigenvalue weighted by atomic mass is 9.98. The van der Waals surface area contributed by atoms with Crippen LogP contribution in [0.15, 0.2) is 30.3 Å². The minimum atomic E-state index is 0.547. The van der Waals surface area contributed by atoms with E-state index >= 15 is 0 Å². The smallest absolute Gasteiger partial charge is 0.232 e. The van der Waals surface area contributed by atoms with E-state index in [4.69, 9.17) is 4.74 Å². The van der Waals surface area contributed by atoms with E-state index in [2.05, 4.69) is 37.1 Å². The number of thiophene rings is 1. The molecule has 6 nitrogen and oxygen atoms in total. The van der Waals surface area contributed by atoms with Gasteiger partial charge in [0.05, 0.1) is 23.0 Å². The van der Waals surface area contributed by atoms with E-state index in [-0.39, 0.29) is 0 Å². The third-order valence-electron chi connectivity index (χ3n) is 4.43. The van der Waals surface area contributed by atoms with Crippen LogP contribution in [0.5, 0.6) is 5.88 Å². The van der Waals surface area contributed by atoms with Gasteiger partial charge < -0.3 is 9.64 Å². The van der Waals surface area contributed by atoms with E-state index in [0.29, 0.717) is 18.4 Å². The summed E-state index contributed by atoms with van der Waals surface area (Å²) in [5.41, 5.74) is 2.31. The van der Waals surface area contributed by atoms with Crippen LogP contribution in [0, 0.1) is 12.8 Å². The fourth-order valence-corrected chi connectivity index (χ4v) is 4.08. The minimum Gasteiger partial charge on any atom is -0.476 e. The fourth-order valence-electron chi connectivity index (χ4n) is 3.06. The molecule has 0 saturated carbocycles. The largest absolute Gasteiger partial charge is 0.476 e. The minimum absolute atomic E-state index is 0.547. The van der Waals surface area contributed by atoms with Gasteiger partial charge >= 0.3 is 0 Å². The van der Waals surface area contributed by atoms with Crippen molar-refractivity contribution in [2.45, 2.75) is 19.8 Å². The van der Waals surface area contributed by atoms with Gasteiger partial charge in [-0.2, -0.15) is 0 Å². The number of nitrogens with zero attached hydrogens (tertiary/aromatic N) is 5. The van der Waals surface area contributed by atoms with Gasteiger partial charge in [0.2, 0.25) is 5.88 Å². The van der Waals surface area contributed by atoms with Crippen molar-refractivity contribution >= 4 is 27.4 Å². The number of ether oxygens (including phenoxy) is 1. The average molecular weight is 341 g/mol. The molecule has 0 amide bonds. The van der Waals surface area contributed by atoms with Crippen LogP contribution in [-0.2, 0) is 0 Å². The zero-order valence-corrected chi connectivity index (χ0v) is 14.4. The Hall–Kier alpha value is -2.28. The van der Waals surface area contributed by atoms with Gasteiger partial charge in [0.25, 0.3) is 0 Å². The van der Waals surface area contributed by atoms with Gasteiger partial charge in [-0.05, 0) is 36.6 Å². The monoisotopic (exact) mass is 341 g/mol. The number of rotatable bonds is 4. The van der Waals surface area contributed by atoms with Crippen molar-refractivity contribution in [1.29, 1.82) is 0 Å². The number of aromatic nitrogens is 4. The summed E-state index contributed by atoms with van der Waals surface area (Å²) in [6.07, 6.45) is 8.83. The lowest BCUT2D eigenvalue weighted by Gasteiger charge is -2.32. The predicted octanol–water partition coefficient (Wildman–Crippen LogP) is 3.09. The Morgan fingerprint density at radius 2 is 2.08 bits per heavy atom. The highest BCUT2D eigenvalue weighted by atomic mass is 32.1. The molecule has 3 aromatic rings. The van der Waals surface area contributed by atoms with Crippen LogP contribution in [0.2, 0.25) is 0 Å². The van der Waals surface area contributed by atoms with Gasteiger partial charge in [0.1, 0.15) is 12.1 Å². The molecule has 0 N–H and O–H groups in total. The zero-order chi connectivity index (χ0) is 16.4. The highest BCUT2D eigenvalue weighted by Crippen LogP contribution is 2.32. The molecule has 1 aliphatic heterocycles. The molecule has 0 aliphatic carbocycles. The van der Waals surface area contributed by atoms with Crippen LogP contribution < -0.4 is 9.64 Å². The molecule has 124 valence electrons. The standard InChI is InChI=1S/C17H19N5OS/c1-12-10-24-16-15(12)20-11-21-17(16)22-6-2-13(3-7-22)9-23-14-8-18-4-5-19-14/h4-5,8,10-11,13H,2-3,6-7,9H2,1H3. The first kappa shape index (κ1) is 15.3. The quantitative estimate of drug-likeness (QED) is 0.727. The molecule has 4 rings (SSSR count). The molecule has 0 bridgehead atoms. The van der Waals surface area contributed by atoms with Crippen molar-refractivity contribution < 1.29 is 4.74 Å². The molecular formula is C17H19N5OS. The number of fused-ring (bicyclic) bond motifs is 1. The Kier molecular flexibility index (Phi) is 4.25. The Morgan fingerprint density at radius 1 is 1.21 bits per heavy atom. The lowest BCUT2D eigenvalue weighted by Crippen LogP contribution is -2.36. The van der Waals surface area contributed by atoms with E-state index in [1.165, 1.54) is 10.3 Å². The third kappa shape index (κ3) is 3.03. The predicted molar refractivity (Wildman–Crippen MR) is 94.6 cm³/mol. The Labute approximate surface area is 144 Å². The van der Waals surface area contributed by atoms with Gasteiger partial charge in [-0.3, -0.25) is 4.98 Å². The summed E-state index contributed by atoms with van der Waals surface area (Å²) in [6.45, 7) is 4.80. The van der Waals surface area contributed by atoms with Crippen molar-refractivity contribution in [1.82, 2.24) is 19.9 Å². The van der Waals surface area contributed by atoms with Crippen LogP contribution in [0.1, 0.15) is 18.4 Å². The number of piperidine rings is 1. The third-order valence-corrected chi connectivity index (χ3v) is 5.52. The number of anilines is 1. The molecule has 0 radical (unpaired) electrons. The second kappa shape index (κ2) is 6.68. The second-order valence-corrected chi connectivity index (χ2v) is 6.96. The zero-order valence-electron chi connectivity index (χ0n) is 13.6.